The van der Waals surface area contributed by atoms with Crippen molar-refractivity contribution in [1.82, 2.24) is 4.90 Å². The van der Waals surface area contributed by atoms with Crippen LogP contribution < -0.4 is 0 Å². The number of carbonyl (C=O) groups excluding carboxylic acids is 1. The second-order valence-electron chi connectivity index (χ2n) is 2.82. The molecule has 3 heteroatoms. The summed E-state index contributed by atoms with van der Waals surface area (Å²) in [4.78, 5) is 15.1. The highest BCUT2D eigenvalue weighted by Gasteiger charge is 2.09. The van der Waals surface area contributed by atoms with Gasteiger partial charge in [-0.1, -0.05) is 6.92 Å². The predicted octanol–water partition coefficient (Wildman–Crippen LogP) is 2.01. The highest BCUT2D eigenvalue weighted by atomic mass is 32.1. The molecular weight excluding hydrogens is 170 g/mol. The molecule has 0 fully saturated rings. The molecule has 0 N–H and O–H groups in total. The lowest BCUT2D eigenvalue weighted by atomic mass is 10.3. The summed E-state index contributed by atoms with van der Waals surface area (Å²) in [6.07, 6.45) is 1.01. The van der Waals surface area contributed by atoms with Gasteiger partial charge in [-0.2, -0.15) is 0 Å². The molecule has 1 aromatic rings. The first kappa shape index (κ1) is 9.26. The average Bonchev–Trinajstić information content (AvgIpc) is 2.50. The monoisotopic (exact) mass is 183 g/mol. The fraction of sp³-hybridized carbons (Fsp3) is 0.444. The van der Waals surface area contributed by atoms with Gasteiger partial charge < -0.3 is 4.90 Å². The van der Waals surface area contributed by atoms with E-state index in [-0.39, 0.29) is 5.91 Å². The van der Waals surface area contributed by atoms with E-state index in [1.54, 1.807) is 30.3 Å². The SMILES string of the molecule is CCc1ccc(C(=O)N(C)C)s1. The minimum absolute atomic E-state index is 0.0969. The van der Waals surface area contributed by atoms with Gasteiger partial charge in [-0.05, 0) is 18.6 Å². The fourth-order valence-electron chi connectivity index (χ4n) is 0.903. The van der Waals surface area contributed by atoms with Crippen LogP contribution in [0.4, 0.5) is 0 Å². The molecule has 1 amide bonds. The van der Waals surface area contributed by atoms with Crippen molar-refractivity contribution < 1.29 is 4.79 Å². The maximum atomic E-state index is 11.4. The van der Waals surface area contributed by atoms with Gasteiger partial charge in [0.15, 0.2) is 0 Å². The first-order valence-electron chi connectivity index (χ1n) is 3.95. The van der Waals surface area contributed by atoms with E-state index in [1.807, 2.05) is 12.1 Å². The number of amides is 1. The van der Waals surface area contributed by atoms with Crippen LogP contribution in [0.1, 0.15) is 21.5 Å². The Hall–Kier alpha value is -0.830. The number of rotatable bonds is 2. The van der Waals surface area contributed by atoms with Crippen LogP contribution in [0.2, 0.25) is 0 Å². The third-order valence-electron chi connectivity index (χ3n) is 1.63. The van der Waals surface area contributed by atoms with Crippen molar-refractivity contribution in [2.45, 2.75) is 13.3 Å². The first-order valence-corrected chi connectivity index (χ1v) is 4.77. The quantitative estimate of drug-likeness (QED) is 0.687. The Morgan fingerprint density at radius 3 is 2.58 bits per heavy atom. The summed E-state index contributed by atoms with van der Waals surface area (Å²) in [5.41, 5.74) is 0. The highest BCUT2D eigenvalue weighted by Crippen LogP contribution is 2.17. The molecule has 0 saturated carbocycles. The Kier molecular flexibility index (Phi) is 2.87. The summed E-state index contributed by atoms with van der Waals surface area (Å²) in [6, 6.07) is 3.91. The molecule has 0 unspecified atom stereocenters. The van der Waals surface area contributed by atoms with Gasteiger partial charge >= 0.3 is 0 Å². The lowest BCUT2D eigenvalue weighted by Gasteiger charge is -2.06. The second-order valence-corrected chi connectivity index (χ2v) is 3.99. The summed E-state index contributed by atoms with van der Waals surface area (Å²) in [6.45, 7) is 2.09. The molecule has 0 radical (unpaired) electrons. The van der Waals surface area contributed by atoms with Crippen molar-refractivity contribution in [3.8, 4) is 0 Å². The minimum Gasteiger partial charge on any atom is -0.344 e. The van der Waals surface area contributed by atoms with E-state index in [2.05, 4.69) is 6.92 Å². The van der Waals surface area contributed by atoms with Crippen molar-refractivity contribution in [2.24, 2.45) is 0 Å². The van der Waals surface area contributed by atoms with Crippen LogP contribution in [0.5, 0.6) is 0 Å². The number of carbonyl (C=O) groups is 1. The zero-order valence-corrected chi connectivity index (χ0v) is 8.44. The zero-order valence-electron chi connectivity index (χ0n) is 7.63. The highest BCUT2D eigenvalue weighted by molar-refractivity contribution is 7.14. The van der Waals surface area contributed by atoms with Crippen LogP contribution >= 0.6 is 11.3 Å². The molecule has 1 aromatic heterocycles. The van der Waals surface area contributed by atoms with E-state index >= 15 is 0 Å². The molecule has 0 bridgehead atoms. The Morgan fingerprint density at radius 2 is 2.17 bits per heavy atom. The molecule has 2 nitrogen and oxygen atoms in total. The smallest absolute Gasteiger partial charge is 0.263 e. The van der Waals surface area contributed by atoms with Gasteiger partial charge in [-0.3, -0.25) is 4.79 Å². The van der Waals surface area contributed by atoms with Crippen molar-refractivity contribution >= 4 is 17.2 Å². The topological polar surface area (TPSA) is 20.3 Å². The van der Waals surface area contributed by atoms with Gasteiger partial charge in [0.2, 0.25) is 0 Å². The summed E-state index contributed by atoms with van der Waals surface area (Å²) in [7, 11) is 3.54. The van der Waals surface area contributed by atoms with E-state index < -0.39 is 0 Å². The summed E-state index contributed by atoms with van der Waals surface area (Å²) in [5.74, 6) is 0.0969. The molecule has 0 aliphatic carbocycles. The molecule has 0 aromatic carbocycles. The summed E-state index contributed by atoms with van der Waals surface area (Å²) < 4.78 is 0. The molecule has 0 atom stereocenters. The lowest BCUT2D eigenvalue weighted by Crippen LogP contribution is -2.20. The van der Waals surface area contributed by atoms with Crippen LogP contribution in [0.15, 0.2) is 12.1 Å². The van der Waals surface area contributed by atoms with Gasteiger partial charge in [-0.25, -0.2) is 0 Å². The van der Waals surface area contributed by atoms with Crippen molar-refractivity contribution in [3.63, 3.8) is 0 Å². The summed E-state index contributed by atoms with van der Waals surface area (Å²) >= 11 is 1.58. The Morgan fingerprint density at radius 1 is 1.50 bits per heavy atom. The molecule has 0 saturated heterocycles. The maximum absolute atomic E-state index is 11.4. The van der Waals surface area contributed by atoms with Gasteiger partial charge in [0.05, 0.1) is 4.88 Å². The Labute approximate surface area is 76.8 Å². The normalized spacial score (nSPS) is 9.92. The number of hydrogen-bond donors (Lipinski definition) is 0. The van der Waals surface area contributed by atoms with Crippen LogP contribution in [-0.2, 0) is 6.42 Å². The van der Waals surface area contributed by atoms with Gasteiger partial charge in [-0.15, -0.1) is 11.3 Å². The van der Waals surface area contributed by atoms with E-state index in [0.717, 1.165) is 11.3 Å². The number of nitrogens with zero attached hydrogens (tertiary/aromatic N) is 1. The van der Waals surface area contributed by atoms with Crippen LogP contribution in [0, 0.1) is 0 Å². The molecule has 66 valence electrons. The van der Waals surface area contributed by atoms with E-state index in [4.69, 9.17) is 0 Å². The number of aryl methyl sites for hydroxylation is 1. The first-order chi connectivity index (χ1) is 5.65. The Bertz CT molecular complexity index is 278. The van der Waals surface area contributed by atoms with E-state index in [1.165, 1.54) is 4.88 Å². The second kappa shape index (κ2) is 3.72. The number of hydrogen-bond acceptors (Lipinski definition) is 2. The largest absolute Gasteiger partial charge is 0.344 e. The maximum Gasteiger partial charge on any atom is 0.263 e. The molecular formula is C9H13NOS. The average molecular weight is 183 g/mol. The Balaban J connectivity index is 2.82. The predicted molar refractivity (Wildman–Crippen MR) is 51.7 cm³/mol. The zero-order chi connectivity index (χ0) is 9.14. The van der Waals surface area contributed by atoms with Gasteiger partial charge in [0, 0.05) is 19.0 Å². The van der Waals surface area contributed by atoms with Gasteiger partial charge in [0.25, 0.3) is 5.91 Å². The lowest BCUT2D eigenvalue weighted by molar-refractivity contribution is 0.0832. The molecule has 0 aliphatic rings. The molecule has 0 aliphatic heterocycles. The van der Waals surface area contributed by atoms with Crippen molar-refractivity contribution in [2.75, 3.05) is 14.1 Å². The van der Waals surface area contributed by atoms with Crippen LogP contribution in [-0.4, -0.2) is 24.9 Å². The molecule has 12 heavy (non-hydrogen) atoms. The van der Waals surface area contributed by atoms with Crippen molar-refractivity contribution in [3.05, 3.63) is 21.9 Å². The van der Waals surface area contributed by atoms with Crippen LogP contribution in [0.3, 0.4) is 0 Å². The van der Waals surface area contributed by atoms with Gasteiger partial charge in [0.1, 0.15) is 0 Å². The minimum atomic E-state index is 0.0969. The summed E-state index contributed by atoms with van der Waals surface area (Å²) in [5, 5.41) is 0. The molecule has 0 spiro atoms. The van der Waals surface area contributed by atoms with E-state index in [0.29, 0.717) is 0 Å². The van der Waals surface area contributed by atoms with Crippen molar-refractivity contribution in [1.29, 1.82) is 0 Å². The third-order valence-corrected chi connectivity index (χ3v) is 2.84. The standard InChI is InChI=1S/C9H13NOS/c1-4-7-5-6-8(12-7)9(11)10(2)3/h5-6H,4H2,1-3H3. The number of thiophene rings is 1. The van der Waals surface area contributed by atoms with Crippen LogP contribution in [0.25, 0.3) is 0 Å². The fourth-order valence-corrected chi connectivity index (χ4v) is 1.87. The molecule has 1 heterocycles. The molecule has 1 rings (SSSR count). The van der Waals surface area contributed by atoms with E-state index in [9.17, 15) is 4.79 Å². The third kappa shape index (κ3) is 1.85.